The summed E-state index contributed by atoms with van der Waals surface area (Å²) in [6.45, 7) is 0.458. The molecule has 1 unspecified atom stereocenters. The highest BCUT2D eigenvalue weighted by molar-refractivity contribution is 7.89. The smallest absolute Gasteiger partial charge is 0.307 e. The Kier molecular flexibility index (Phi) is 4.91. The second-order valence-electron chi connectivity index (χ2n) is 7.07. The topological polar surface area (TPSA) is 103 Å². The molecule has 0 radical (unpaired) electrons. The number of aromatic amines is 2. The fourth-order valence-corrected chi connectivity index (χ4v) is 5.54. The Labute approximate surface area is 162 Å². The summed E-state index contributed by atoms with van der Waals surface area (Å²) in [6, 6.07) is 14.0. The number of hydrogen-bond acceptors (Lipinski definition) is 4. The zero-order valence-corrected chi connectivity index (χ0v) is 16.0. The second kappa shape index (κ2) is 7.37. The molecule has 8 heteroatoms. The van der Waals surface area contributed by atoms with Crippen LogP contribution in [0.25, 0.3) is 10.9 Å². The molecule has 1 fully saturated rings. The number of piperidine rings is 1. The van der Waals surface area contributed by atoms with Gasteiger partial charge in [0.05, 0.1) is 15.8 Å². The molecule has 0 aliphatic carbocycles. The second-order valence-corrected chi connectivity index (χ2v) is 8.96. The SMILES string of the molecule is O=c1[nH]c(=O)c2cc(S(=O)(=O)N3CCCCC3Cc3ccccc3)ccc2[nH]1. The van der Waals surface area contributed by atoms with E-state index in [4.69, 9.17) is 0 Å². The van der Waals surface area contributed by atoms with E-state index in [-0.39, 0.29) is 16.3 Å². The maximum absolute atomic E-state index is 13.4. The molecule has 2 N–H and O–H groups in total. The van der Waals surface area contributed by atoms with E-state index in [2.05, 4.69) is 9.97 Å². The number of sulfonamides is 1. The molecule has 0 saturated carbocycles. The minimum Gasteiger partial charge on any atom is -0.307 e. The monoisotopic (exact) mass is 399 g/mol. The molecule has 1 atom stereocenters. The first-order valence-corrected chi connectivity index (χ1v) is 10.7. The summed E-state index contributed by atoms with van der Waals surface area (Å²) in [4.78, 5) is 28.2. The van der Waals surface area contributed by atoms with Gasteiger partial charge in [-0.3, -0.25) is 9.78 Å². The van der Waals surface area contributed by atoms with Gasteiger partial charge in [0, 0.05) is 12.6 Å². The number of nitrogens with zero attached hydrogens (tertiary/aromatic N) is 1. The summed E-state index contributed by atoms with van der Waals surface area (Å²) >= 11 is 0. The van der Waals surface area contributed by atoms with Crippen LogP contribution in [0.15, 0.2) is 63.0 Å². The van der Waals surface area contributed by atoms with Gasteiger partial charge in [0.2, 0.25) is 10.0 Å². The van der Waals surface area contributed by atoms with Crippen LogP contribution in [0.5, 0.6) is 0 Å². The third-order valence-electron chi connectivity index (χ3n) is 5.20. The Morgan fingerprint density at radius 1 is 1.00 bits per heavy atom. The number of nitrogens with one attached hydrogen (secondary N) is 2. The van der Waals surface area contributed by atoms with Crippen LogP contribution in [0.3, 0.4) is 0 Å². The van der Waals surface area contributed by atoms with Crippen LogP contribution >= 0.6 is 0 Å². The van der Waals surface area contributed by atoms with E-state index in [1.54, 1.807) is 4.31 Å². The minimum absolute atomic E-state index is 0.0671. The van der Waals surface area contributed by atoms with E-state index in [0.717, 1.165) is 24.8 Å². The Balaban J connectivity index is 1.72. The van der Waals surface area contributed by atoms with Crippen molar-refractivity contribution < 1.29 is 8.42 Å². The molecule has 28 heavy (non-hydrogen) atoms. The normalized spacial score (nSPS) is 18.4. The molecule has 1 aromatic heterocycles. The highest BCUT2D eigenvalue weighted by Crippen LogP contribution is 2.28. The maximum Gasteiger partial charge on any atom is 0.326 e. The lowest BCUT2D eigenvalue weighted by Gasteiger charge is -2.35. The van der Waals surface area contributed by atoms with Crippen molar-refractivity contribution in [1.29, 1.82) is 0 Å². The van der Waals surface area contributed by atoms with Crippen molar-refractivity contribution in [2.24, 2.45) is 0 Å². The van der Waals surface area contributed by atoms with E-state index in [1.807, 2.05) is 30.3 Å². The largest absolute Gasteiger partial charge is 0.326 e. The number of benzene rings is 2. The van der Waals surface area contributed by atoms with Crippen molar-refractivity contribution in [2.75, 3.05) is 6.54 Å². The van der Waals surface area contributed by atoms with Crippen molar-refractivity contribution >= 4 is 20.9 Å². The molecule has 1 aliphatic rings. The van der Waals surface area contributed by atoms with Crippen LogP contribution in [0, 0.1) is 0 Å². The quantitative estimate of drug-likeness (QED) is 0.700. The van der Waals surface area contributed by atoms with Gasteiger partial charge in [-0.05, 0) is 43.0 Å². The summed E-state index contributed by atoms with van der Waals surface area (Å²) in [6.07, 6.45) is 3.26. The fourth-order valence-electron chi connectivity index (χ4n) is 3.82. The van der Waals surface area contributed by atoms with Gasteiger partial charge < -0.3 is 4.98 Å². The zero-order chi connectivity index (χ0) is 19.7. The summed E-state index contributed by atoms with van der Waals surface area (Å²) in [5, 5.41) is 0.150. The Bertz CT molecular complexity index is 1220. The first-order valence-electron chi connectivity index (χ1n) is 9.27. The lowest BCUT2D eigenvalue weighted by atomic mass is 9.98. The number of rotatable bonds is 4. The van der Waals surface area contributed by atoms with E-state index in [0.29, 0.717) is 18.5 Å². The molecule has 4 rings (SSSR count). The predicted octanol–water partition coefficient (Wildman–Crippen LogP) is 2.00. The predicted molar refractivity (Wildman–Crippen MR) is 107 cm³/mol. The number of aromatic nitrogens is 2. The van der Waals surface area contributed by atoms with Crippen molar-refractivity contribution in [1.82, 2.24) is 14.3 Å². The summed E-state index contributed by atoms with van der Waals surface area (Å²) in [7, 11) is -3.76. The molecule has 7 nitrogen and oxygen atoms in total. The van der Waals surface area contributed by atoms with E-state index in [1.165, 1.54) is 18.2 Å². The standard InChI is InChI=1S/C20H21N3O4S/c24-19-17-13-16(9-10-18(17)21-20(25)22-19)28(26,27)23-11-5-4-8-15(23)12-14-6-2-1-3-7-14/h1-3,6-7,9-10,13,15H,4-5,8,11-12H2,(H2,21,22,24,25). The average molecular weight is 399 g/mol. The third-order valence-corrected chi connectivity index (χ3v) is 7.15. The van der Waals surface area contributed by atoms with Crippen molar-refractivity contribution in [2.45, 2.75) is 36.6 Å². The molecule has 0 bridgehead atoms. The molecular formula is C20H21N3O4S. The van der Waals surface area contributed by atoms with Crippen molar-refractivity contribution in [3.8, 4) is 0 Å². The lowest BCUT2D eigenvalue weighted by Crippen LogP contribution is -2.44. The molecule has 1 aliphatic heterocycles. The average Bonchev–Trinajstić information content (AvgIpc) is 2.68. The number of fused-ring (bicyclic) bond motifs is 1. The minimum atomic E-state index is -3.76. The molecule has 146 valence electrons. The van der Waals surface area contributed by atoms with Crippen molar-refractivity contribution in [3.05, 3.63) is 74.9 Å². The lowest BCUT2D eigenvalue weighted by molar-refractivity contribution is 0.251. The van der Waals surface area contributed by atoms with Gasteiger partial charge in [-0.15, -0.1) is 0 Å². The number of hydrogen-bond donors (Lipinski definition) is 2. The van der Waals surface area contributed by atoms with E-state index >= 15 is 0 Å². The van der Waals surface area contributed by atoms with Crippen LogP contribution in [0.2, 0.25) is 0 Å². The number of H-pyrrole nitrogens is 2. The molecule has 0 spiro atoms. The van der Waals surface area contributed by atoms with Crippen LogP contribution < -0.4 is 11.2 Å². The highest BCUT2D eigenvalue weighted by atomic mass is 32.2. The zero-order valence-electron chi connectivity index (χ0n) is 15.2. The third kappa shape index (κ3) is 3.53. The molecule has 3 aromatic rings. The van der Waals surface area contributed by atoms with Crippen LogP contribution in [0.1, 0.15) is 24.8 Å². The highest BCUT2D eigenvalue weighted by Gasteiger charge is 2.33. The van der Waals surface area contributed by atoms with Crippen LogP contribution in [0.4, 0.5) is 0 Å². The maximum atomic E-state index is 13.4. The molecule has 2 aromatic carbocycles. The van der Waals surface area contributed by atoms with E-state index in [9.17, 15) is 18.0 Å². The summed E-state index contributed by atoms with van der Waals surface area (Å²) in [5.74, 6) is 0. The first-order chi connectivity index (χ1) is 13.4. The molecular weight excluding hydrogens is 378 g/mol. The van der Waals surface area contributed by atoms with Gasteiger partial charge in [0.25, 0.3) is 5.56 Å². The van der Waals surface area contributed by atoms with Gasteiger partial charge in [-0.25, -0.2) is 13.2 Å². The van der Waals surface area contributed by atoms with Crippen molar-refractivity contribution in [3.63, 3.8) is 0 Å². The molecule has 0 amide bonds. The Hall–Kier alpha value is -2.71. The van der Waals surface area contributed by atoms with Crippen LogP contribution in [-0.2, 0) is 16.4 Å². The summed E-state index contributed by atoms with van der Waals surface area (Å²) in [5.41, 5.74) is 0.191. The molecule has 1 saturated heterocycles. The van der Waals surface area contributed by atoms with E-state index < -0.39 is 21.3 Å². The van der Waals surface area contributed by atoms with Gasteiger partial charge in [0.1, 0.15) is 0 Å². The van der Waals surface area contributed by atoms with Gasteiger partial charge in [-0.1, -0.05) is 36.8 Å². The van der Waals surface area contributed by atoms with Gasteiger partial charge in [-0.2, -0.15) is 4.31 Å². The first kappa shape index (κ1) is 18.6. The van der Waals surface area contributed by atoms with Gasteiger partial charge in [0.15, 0.2) is 0 Å². The fraction of sp³-hybridized carbons (Fsp3) is 0.300. The Morgan fingerprint density at radius 2 is 1.79 bits per heavy atom. The summed E-state index contributed by atoms with van der Waals surface area (Å²) < 4.78 is 28.3. The molecule has 2 heterocycles. The Morgan fingerprint density at radius 3 is 2.57 bits per heavy atom. The van der Waals surface area contributed by atoms with Crippen LogP contribution in [-0.4, -0.2) is 35.3 Å². The van der Waals surface area contributed by atoms with Gasteiger partial charge >= 0.3 is 5.69 Å².